The van der Waals surface area contributed by atoms with Crippen LogP contribution in [0.2, 0.25) is 0 Å². The van der Waals surface area contributed by atoms with E-state index in [9.17, 15) is 0 Å². The van der Waals surface area contributed by atoms with E-state index in [2.05, 4.69) is 22.0 Å². The first kappa shape index (κ1) is 11.8. The first-order chi connectivity index (χ1) is 8.66. The number of benzene rings is 1. The number of hydrogen-bond acceptors (Lipinski definition) is 3. The van der Waals surface area contributed by atoms with E-state index in [4.69, 9.17) is 14.9 Å². The quantitative estimate of drug-likeness (QED) is 0.925. The molecule has 1 aromatic carbocycles. The van der Waals surface area contributed by atoms with Crippen LogP contribution >= 0.6 is 15.9 Å². The third kappa shape index (κ3) is 1.85. The van der Waals surface area contributed by atoms with Gasteiger partial charge in [0.2, 0.25) is 0 Å². The van der Waals surface area contributed by atoms with Gasteiger partial charge in [0.25, 0.3) is 0 Å². The van der Waals surface area contributed by atoms with Crippen LogP contribution in [0, 0.1) is 6.92 Å². The predicted octanol–water partition coefficient (Wildman–Crippen LogP) is 3.33. The van der Waals surface area contributed by atoms with Gasteiger partial charge in [0, 0.05) is 16.5 Å². The second kappa shape index (κ2) is 4.44. The number of hydrogen-bond donors (Lipinski definition) is 1. The molecule has 4 heteroatoms. The van der Waals surface area contributed by atoms with Crippen molar-refractivity contribution in [3.8, 4) is 5.75 Å². The predicted molar refractivity (Wildman–Crippen MR) is 72.8 cm³/mol. The fourth-order valence-corrected chi connectivity index (χ4v) is 2.90. The third-order valence-corrected chi connectivity index (χ3v) is 3.75. The van der Waals surface area contributed by atoms with Gasteiger partial charge in [-0.1, -0.05) is 15.9 Å². The van der Waals surface area contributed by atoms with Gasteiger partial charge in [-0.05, 0) is 36.2 Å². The molecule has 0 spiro atoms. The van der Waals surface area contributed by atoms with Crippen molar-refractivity contribution in [3.05, 3.63) is 51.4 Å². The zero-order chi connectivity index (χ0) is 12.7. The van der Waals surface area contributed by atoms with E-state index in [0.717, 1.165) is 40.1 Å². The zero-order valence-electron chi connectivity index (χ0n) is 10.1. The molecule has 2 N–H and O–H groups in total. The highest BCUT2D eigenvalue weighted by molar-refractivity contribution is 9.10. The maximum atomic E-state index is 6.31. The van der Waals surface area contributed by atoms with Crippen LogP contribution in [-0.4, -0.2) is 6.61 Å². The molecule has 0 saturated carbocycles. The van der Waals surface area contributed by atoms with Gasteiger partial charge in [-0.25, -0.2) is 0 Å². The molecule has 2 heterocycles. The van der Waals surface area contributed by atoms with Crippen molar-refractivity contribution in [1.82, 2.24) is 0 Å². The monoisotopic (exact) mass is 307 g/mol. The number of halogens is 1. The van der Waals surface area contributed by atoms with Gasteiger partial charge in [0.1, 0.15) is 11.5 Å². The second-order valence-electron chi connectivity index (χ2n) is 4.53. The molecule has 0 fully saturated rings. The molecular formula is C14H14BrNO2. The van der Waals surface area contributed by atoms with Gasteiger partial charge in [-0.15, -0.1) is 0 Å². The van der Waals surface area contributed by atoms with Crippen molar-refractivity contribution in [1.29, 1.82) is 0 Å². The summed E-state index contributed by atoms with van der Waals surface area (Å²) in [5, 5.41) is 0. The van der Waals surface area contributed by atoms with Gasteiger partial charge in [-0.2, -0.15) is 0 Å². The normalized spacial score (nSPS) is 15.3. The van der Waals surface area contributed by atoms with E-state index in [0.29, 0.717) is 0 Å². The van der Waals surface area contributed by atoms with E-state index in [-0.39, 0.29) is 6.04 Å². The largest absolute Gasteiger partial charge is 0.493 e. The SMILES string of the molecule is Cc1ccoc1C(N)c1cc(Br)cc2c1OCC2. The fourth-order valence-electron chi connectivity index (χ4n) is 2.37. The molecule has 1 aliphatic heterocycles. The lowest BCUT2D eigenvalue weighted by molar-refractivity contribution is 0.350. The van der Waals surface area contributed by atoms with Gasteiger partial charge in [0.05, 0.1) is 18.9 Å². The van der Waals surface area contributed by atoms with Crippen LogP contribution in [0.3, 0.4) is 0 Å². The lowest BCUT2D eigenvalue weighted by Crippen LogP contribution is -2.13. The van der Waals surface area contributed by atoms with E-state index in [1.807, 2.05) is 19.1 Å². The van der Waals surface area contributed by atoms with Crippen LogP contribution < -0.4 is 10.5 Å². The van der Waals surface area contributed by atoms with Gasteiger partial charge in [-0.3, -0.25) is 0 Å². The highest BCUT2D eigenvalue weighted by Crippen LogP contribution is 2.38. The molecule has 3 rings (SSSR count). The number of fused-ring (bicyclic) bond motifs is 1. The number of furan rings is 1. The molecule has 0 bridgehead atoms. The lowest BCUT2D eigenvalue weighted by atomic mass is 9.99. The summed E-state index contributed by atoms with van der Waals surface area (Å²) in [4.78, 5) is 0. The number of nitrogens with two attached hydrogens (primary N) is 1. The molecule has 0 amide bonds. The smallest absolute Gasteiger partial charge is 0.128 e. The highest BCUT2D eigenvalue weighted by Gasteiger charge is 2.24. The standard InChI is InChI=1S/C14H14BrNO2/c1-8-2-4-17-13(8)12(16)11-7-10(15)6-9-3-5-18-14(9)11/h2,4,6-7,12H,3,5,16H2,1H3. The Morgan fingerprint density at radius 1 is 1.39 bits per heavy atom. The Labute approximate surface area is 114 Å². The number of rotatable bonds is 2. The summed E-state index contributed by atoms with van der Waals surface area (Å²) in [6.07, 6.45) is 2.61. The molecule has 0 saturated heterocycles. The average Bonchev–Trinajstić information content (AvgIpc) is 2.95. The Bertz CT molecular complexity index is 591. The summed E-state index contributed by atoms with van der Waals surface area (Å²) < 4.78 is 12.2. The van der Waals surface area contributed by atoms with Crippen LogP contribution in [0.25, 0.3) is 0 Å². The Morgan fingerprint density at radius 3 is 2.94 bits per heavy atom. The van der Waals surface area contributed by atoms with E-state index in [1.54, 1.807) is 6.26 Å². The Kier molecular flexibility index (Phi) is 2.92. The molecule has 1 atom stereocenters. The molecule has 1 aliphatic rings. The Balaban J connectivity index is 2.10. The lowest BCUT2D eigenvalue weighted by Gasteiger charge is -2.15. The topological polar surface area (TPSA) is 48.4 Å². The van der Waals surface area contributed by atoms with Crippen LogP contribution in [0.1, 0.15) is 28.5 Å². The summed E-state index contributed by atoms with van der Waals surface area (Å²) in [6.45, 7) is 2.72. The molecule has 1 aromatic heterocycles. The van der Waals surface area contributed by atoms with Crippen LogP contribution in [0.15, 0.2) is 33.4 Å². The minimum atomic E-state index is -0.288. The van der Waals surface area contributed by atoms with Crippen molar-refractivity contribution in [3.63, 3.8) is 0 Å². The first-order valence-electron chi connectivity index (χ1n) is 5.91. The van der Waals surface area contributed by atoms with E-state index >= 15 is 0 Å². The molecule has 2 aromatic rings. The molecule has 0 radical (unpaired) electrons. The first-order valence-corrected chi connectivity index (χ1v) is 6.71. The van der Waals surface area contributed by atoms with Crippen molar-refractivity contribution >= 4 is 15.9 Å². The molecule has 18 heavy (non-hydrogen) atoms. The maximum Gasteiger partial charge on any atom is 0.128 e. The van der Waals surface area contributed by atoms with E-state index < -0.39 is 0 Å². The number of ether oxygens (including phenoxy) is 1. The van der Waals surface area contributed by atoms with Gasteiger partial charge >= 0.3 is 0 Å². The average molecular weight is 308 g/mol. The van der Waals surface area contributed by atoms with E-state index in [1.165, 1.54) is 5.56 Å². The zero-order valence-corrected chi connectivity index (χ0v) is 11.7. The fraction of sp³-hybridized carbons (Fsp3) is 0.286. The molecule has 94 valence electrons. The summed E-state index contributed by atoms with van der Waals surface area (Å²) in [5.74, 6) is 1.72. The minimum Gasteiger partial charge on any atom is -0.493 e. The highest BCUT2D eigenvalue weighted by atomic mass is 79.9. The van der Waals surface area contributed by atoms with Gasteiger partial charge < -0.3 is 14.9 Å². The summed E-state index contributed by atoms with van der Waals surface area (Å²) >= 11 is 3.52. The second-order valence-corrected chi connectivity index (χ2v) is 5.44. The summed E-state index contributed by atoms with van der Waals surface area (Å²) in [5.41, 5.74) is 9.56. The van der Waals surface area contributed by atoms with Crippen molar-refractivity contribution in [2.75, 3.05) is 6.61 Å². The van der Waals surface area contributed by atoms with Crippen LogP contribution in [-0.2, 0) is 6.42 Å². The summed E-state index contributed by atoms with van der Waals surface area (Å²) in [7, 11) is 0. The molecule has 0 aliphatic carbocycles. The van der Waals surface area contributed by atoms with Gasteiger partial charge in [0.15, 0.2) is 0 Å². The summed E-state index contributed by atoms with van der Waals surface area (Å²) in [6, 6.07) is 5.74. The Morgan fingerprint density at radius 2 is 2.22 bits per heavy atom. The van der Waals surface area contributed by atoms with Crippen molar-refractivity contribution < 1.29 is 9.15 Å². The maximum absolute atomic E-state index is 6.31. The van der Waals surface area contributed by atoms with Crippen molar-refractivity contribution in [2.24, 2.45) is 5.73 Å². The number of aryl methyl sites for hydroxylation is 1. The molecular weight excluding hydrogens is 294 g/mol. The van der Waals surface area contributed by atoms with Crippen LogP contribution in [0.5, 0.6) is 5.75 Å². The Hall–Kier alpha value is -1.26. The molecule has 3 nitrogen and oxygen atoms in total. The minimum absolute atomic E-state index is 0.288. The third-order valence-electron chi connectivity index (χ3n) is 3.30. The van der Waals surface area contributed by atoms with Crippen LogP contribution in [0.4, 0.5) is 0 Å². The van der Waals surface area contributed by atoms with Crippen molar-refractivity contribution in [2.45, 2.75) is 19.4 Å². The molecule has 1 unspecified atom stereocenters.